The summed E-state index contributed by atoms with van der Waals surface area (Å²) in [4.78, 5) is 9.91. The highest BCUT2D eigenvalue weighted by molar-refractivity contribution is 7.89. The Kier molecular flexibility index (Phi) is 2.43. The molecular formula is C9H10N2O4S. The fourth-order valence-electron chi connectivity index (χ4n) is 1.39. The monoisotopic (exact) mass is 242 g/mol. The van der Waals surface area contributed by atoms with Crippen LogP contribution in [-0.4, -0.2) is 30.4 Å². The fourth-order valence-corrected chi connectivity index (χ4v) is 2.87. The summed E-state index contributed by atoms with van der Waals surface area (Å²) in [5.41, 5.74) is 0.940. The second-order valence-electron chi connectivity index (χ2n) is 3.65. The molecule has 0 aliphatic carbocycles. The first kappa shape index (κ1) is 11.0. The third-order valence-corrected chi connectivity index (χ3v) is 4.29. The van der Waals surface area contributed by atoms with Crippen LogP contribution in [0.5, 0.6) is 0 Å². The van der Waals surface area contributed by atoms with Crippen molar-refractivity contribution in [3.8, 4) is 0 Å². The maximum absolute atomic E-state index is 11.8. The third-order valence-electron chi connectivity index (χ3n) is 2.41. The van der Waals surface area contributed by atoms with Gasteiger partial charge in [-0.05, 0) is 19.1 Å². The Balaban J connectivity index is 2.28. The quantitative estimate of drug-likeness (QED) is 0.441. The van der Waals surface area contributed by atoms with Crippen molar-refractivity contribution in [2.75, 3.05) is 6.54 Å². The van der Waals surface area contributed by atoms with Crippen molar-refractivity contribution in [3.05, 3.63) is 39.9 Å². The van der Waals surface area contributed by atoms with Gasteiger partial charge in [0.2, 0.25) is 10.0 Å². The lowest BCUT2D eigenvalue weighted by Gasteiger charge is -2.03. The summed E-state index contributed by atoms with van der Waals surface area (Å²) >= 11 is 0. The molecule has 1 saturated heterocycles. The molecule has 0 radical (unpaired) electrons. The molecule has 0 aromatic heterocycles. The van der Waals surface area contributed by atoms with E-state index in [9.17, 15) is 18.5 Å². The van der Waals surface area contributed by atoms with Gasteiger partial charge in [0.1, 0.15) is 6.54 Å². The zero-order valence-corrected chi connectivity index (χ0v) is 9.35. The van der Waals surface area contributed by atoms with E-state index >= 15 is 0 Å². The molecule has 6 nitrogen and oxygen atoms in total. The number of aryl methyl sites for hydroxylation is 1. The van der Waals surface area contributed by atoms with Gasteiger partial charge in [0.15, 0.2) is 0 Å². The average Bonchev–Trinajstić information content (AvgIpc) is 2.98. The van der Waals surface area contributed by atoms with Gasteiger partial charge in [-0.15, -0.1) is 4.31 Å². The first-order chi connectivity index (χ1) is 7.43. The molecule has 1 aromatic carbocycles. The fraction of sp³-hybridized carbons (Fsp3) is 0.333. The summed E-state index contributed by atoms with van der Waals surface area (Å²) in [6, 6.07) is 6.25. The van der Waals surface area contributed by atoms with Crippen LogP contribution in [0.15, 0.2) is 29.2 Å². The molecule has 0 amide bonds. The summed E-state index contributed by atoms with van der Waals surface area (Å²) in [7, 11) is -3.69. The van der Waals surface area contributed by atoms with E-state index in [0.717, 1.165) is 9.87 Å². The van der Waals surface area contributed by atoms with Gasteiger partial charge in [-0.1, -0.05) is 17.7 Å². The van der Waals surface area contributed by atoms with E-state index in [0.29, 0.717) is 0 Å². The van der Waals surface area contributed by atoms with E-state index < -0.39 is 21.1 Å². The van der Waals surface area contributed by atoms with Gasteiger partial charge < -0.3 is 0 Å². The predicted molar refractivity (Wildman–Crippen MR) is 55.9 cm³/mol. The smallest absolute Gasteiger partial charge is 0.263 e. The van der Waals surface area contributed by atoms with Crippen molar-refractivity contribution >= 4 is 10.0 Å². The molecule has 1 aliphatic heterocycles. The molecule has 86 valence electrons. The summed E-state index contributed by atoms with van der Waals surface area (Å²) in [5.74, 6) is 0. The van der Waals surface area contributed by atoms with Crippen LogP contribution in [0.4, 0.5) is 0 Å². The predicted octanol–water partition coefficient (Wildman–Crippen LogP) is 0.602. The molecule has 1 aliphatic rings. The second kappa shape index (κ2) is 3.53. The van der Waals surface area contributed by atoms with Crippen molar-refractivity contribution < 1.29 is 13.3 Å². The van der Waals surface area contributed by atoms with Gasteiger partial charge in [-0.3, -0.25) is 10.1 Å². The first-order valence-corrected chi connectivity index (χ1v) is 6.09. The standard InChI is InChI=1S/C9H10N2O4S/c1-7-2-4-8(5-3-7)16(14,15)10-6-9(10)11(12)13/h2-5,9H,6H2,1H3. The van der Waals surface area contributed by atoms with E-state index in [4.69, 9.17) is 0 Å². The summed E-state index contributed by atoms with van der Waals surface area (Å²) in [6.45, 7) is 1.80. The largest absolute Gasteiger partial charge is 0.295 e. The van der Waals surface area contributed by atoms with E-state index in [1.165, 1.54) is 12.1 Å². The van der Waals surface area contributed by atoms with Gasteiger partial charge >= 0.3 is 0 Å². The number of nitrogens with zero attached hydrogens (tertiary/aromatic N) is 2. The molecule has 2 rings (SSSR count). The van der Waals surface area contributed by atoms with Crippen LogP contribution in [0.1, 0.15) is 5.56 Å². The van der Waals surface area contributed by atoms with Gasteiger partial charge in [0, 0.05) is 4.92 Å². The maximum Gasteiger partial charge on any atom is 0.295 e. The van der Waals surface area contributed by atoms with Crippen LogP contribution in [0.25, 0.3) is 0 Å². The SMILES string of the molecule is Cc1ccc(S(=O)(=O)N2CC2[N+](=O)[O-])cc1. The lowest BCUT2D eigenvalue weighted by atomic mass is 10.2. The molecule has 1 aromatic rings. The minimum Gasteiger partial charge on any atom is -0.263 e. The zero-order chi connectivity index (χ0) is 11.9. The molecule has 0 spiro atoms. The molecule has 1 fully saturated rings. The number of nitro groups is 1. The van der Waals surface area contributed by atoms with Crippen LogP contribution in [0.3, 0.4) is 0 Å². The van der Waals surface area contributed by atoms with Crippen LogP contribution in [-0.2, 0) is 10.0 Å². The summed E-state index contributed by atoms with van der Waals surface area (Å²) in [6.07, 6.45) is -1.09. The average molecular weight is 242 g/mol. The Labute approximate surface area is 92.7 Å². The van der Waals surface area contributed by atoms with Gasteiger partial charge in [-0.25, -0.2) is 8.42 Å². The molecule has 16 heavy (non-hydrogen) atoms. The molecule has 1 heterocycles. The topological polar surface area (TPSA) is 80.3 Å². The molecule has 7 heteroatoms. The number of sulfonamides is 1. The Morgan fingerprint density at radius 1 is 1.38 bits per heavy atom. The van der Waals surface area contributed by atoms with Crippen molar-refractivity contribution in [3.63, 3.8) is 0 Å². The molecule has 0 N–H and O–H groups in total. The van der Waals surface area contributed by atoms with Crippen molar-refractivity contribution in [1.82, 2.24) is 4.31 Å². The number of hydrogen-bond acceptors (Lipinski definition) is 4. The number of rotatable bonds is 3. The van der Waals surface area contributed by atoms with Crippen molar-refractivity contribution in [2.45, 2.75) is 18.0 Å². The van der Waals surface area contributed by atoms with Crippen molar-refractivity contribution in [2.24, 2.45) is 0 Å². The van der Waals surface area contributed by atoms with Gasteiger partial charge in [-0.2, -0.15) is 0 Å². The van der Waals surface area contributed by atoms with Crippen molar-refractivity contribution in [1.29, 1.82) is 0 Å². The second-order valence-corrected chi connectivity index (χ2v) is 5.54. The van der Waals surface area contributed by atoms with Crippen LogP contribution < -0.4 is 0 Å². The molecule has 2 atom stereocenters. The van der Waals surface area contributed by atoms with Gasteiger partial charge in [0.05, 0.1) is 4.90 Å². The first-order valence-electron chi connectivity index (χ1n) is 4.65. The Hall–Kier alpha value is -1.47. The lowest BCUT2D eigenvalue weighted by molar-refractivity contribution is -0.501. The maximum atomic E-state index is 11.8. The third kappa shape index (κ3) is 1.79. The lowest BCUT2D eigenvalue weighted by Crippen LogP contribution is -2.18. The highest BCUT2D eigenvalue weighted by Gasteiger charge is 2.54. The van der Waals surface area contributed by atoms with E-state index in [1.807, 2.05) is 6.92 Å². The van der Waals surface area contributed by atoms with E-state index in [-0.39, 0.29) is 11.4 Å². The van der Waals surface area contributed by atoms with Gasteiger partial charge in [0.25, 0.3) is 6.17 Å². The highest BCUT2D eigenvalue weighted by Crippen LogP contribution is 2.28. The van der Waals surface area contributed by atoms with E-state index in [1.54, 1.807) is 12.1 Å². The number of hydrogen-bond donors (Lipinski definition) is 0. The molecule has 0 bridgehead atoms. The zero-order valence-electron chi connectivity index (χ0n) is 8.53. The van der Waals surface area contributed by atoms with E-state index in [2.05, 4.69) is 0 Å². The normalized spacial score (nSPS) is 24.1. The molecule has 2 unspecified atom stereocenters. The van der Waals surface area contributed by atoms with Crippen LogP contribution in [0, 0.1) is 17.0 Å². The summed E-state index contributed by atoms with van der Waals surface area (Å²) < 4.78 is 24.6. The Bertz CT molecular complexity index is 523. The highest BCUT2D eigenvalue weighted by atomic mass is 32.2. The Morgan fingerprint density at radius 3 is 2.38 bits per heavy atom. The number of benzene rings is 1. The minimum absolute atomic E-state index is 0.0385. The Morgan fingerprint density at radius 2 is 1.94 bits per heavy atom. The molecular weight excluding hydrogens is 232 g/mol. The summed E-state index contributed by atoms with van der Waals surface area (Å²) in [5, 5.41) is 10.4. The van der Waals surface area contributed by atoms with Crippen LogP contribution in [0.2, 0.25) is 0 Å². The minimum atomic E-state index is -3.69. The molecule has 0 saturated carbocycles. The van der Waals surface area contributed by atoms with Crippen LogP contribution >= 0.6 is 0 Å².